The van der Waals surface area contributed by atoms with Gasteiger partial charge in [-0.1, -0.05) is 0 Å². The number of hydrogen-bond acceptors (Lipinski definition) is 5. The van der Waals surface area contributed by atoms with E-state index in [4.69, 9.17) is 19.4 Å². The van der Waals surface area contributed by atoms with Crippen molar-refractivity contribution in [2.45, 2.75) is 45.6 Å². The van der Waals surface area contributed by atoms with Gasteiger partial charge in [-0.2, -0.15) is 0 Å². The molecule has 2 fully saturated rings. The lowest BCUT2D eigenvalue weighted by Gasteiger charge is -2.34. The van der Waals surface area contributed by atoms with Crippen molar-refractivity contribution in [2.75, 3.05) is 42.6 Å². The highest BCUT2D eigenvalue weighted by atomic mass is 19.1. The molecule has 0 unspecified atom stereocenters. The lowest BCUT2D eigenvalue weighted by atomic mass is 10.1. The summed E-state index contributed by atoms with van der Waals surface area (Å²) in [7, 11) is 0. The molecule has 2 aromatic carbocycles. The summed E-state index contributed by atoms with van der Waals surface area (Å²) in [5.74, 6) is 0.613. The van der Waals surface area contributed by atoms with Gasteiger partial charge in [0.25, 0.3) is 5.97 Å². The number of ether oxygens (including phenoxy) is 2. The van der Waals surface area contributed by atoms with Gasteiger partial charge in [0.15, 0.2) is 0 Å². The number of halogens is 1. The number of rotatable bonds is 6. The molecule has 2 aliphatic rings. The minimum atomic E-state index is -0.833. The van der Waals surface area contributed by atoms with Crippen molar-refractivity contribution >= 4 is 17.3 Å². The van der Waals surface area contributed by atoms with Crippen LogP contribution in [0.5, 0.6) is 11.5 Å². The number of piperidine rings is 1. The Kier molecular flexibility index (Phi) is 8.59. The van der Waals surface area contributed by atoms with Crippen LogP contribution in [0.15, 0.2) is 42.5 Å². The van der Waals surface area contributed by atoms with Gasteiger partial charge in [0, 0.05) is 57.7 Å². The number of hydrogen-bond donors (Lipinski definition) is 1. The molecule has 7 heteroatoms. The van der Waals surface area contributed by atoms with Crippen LogP contribution in [0.2, 0.25) is 0 Å². The van der Waals surface area contributed by atoms with Gasteiger partial charge in [-0.05, 0) is 56.2 Å². The maximum Gasteiger partial charge on any atom is 0.300 e. The normalized spacial score (nSPS) is 16.3. The summed E-state index contributed by atoms with van der Waals surface area (Å²) in [4.78, 5) is 13.5. The minimum absolute atomic E-state index is 0.173. The van der Waals surface area contributed by atoms with E-state index in [2.05, 4.69) is 34.1 Å². The molecule has 32 heavy (non-hydrogen) atoms. The Bertz CT molecular complexity index is 857. The van der Waals surface area contributed by atoms with Crippen LogP contribution in [-0.2, 0) is 4.79 Å². The first kappa shape index (κ1) is 23.7. The number of carboxylic acid groups (broad SMARTS) is 1. The molecule has 6 nitrogen and oxygen atoms in total. The quantitative estimate of drug-likeness (QED) is 0.679. The molecule has 1 N–H and O–H groups in total. The Hall–Kier alpha value is -2.96. The molecule has 2 aromatic rings. The molecule has 0 aliphatic carbocycles. The van der Waals surface area contributed by atoms with Gasteiger partial charge in [-0.15, -0.1) is 0 Å². The number of benzene rings is 2. The number of anilines is 2. The van der Waals surface area contributed by atoms with Crippen LogP contribution < -0.4 is 19.3 Å². The second kappa shape index (κ2) is 11.6. The first-order valence-electron chi connectivity index (χ1n) is 11.3. The lowest BCUT2D eigenvalue weighted by Crippen LogP contribution is -2.38. The van der Waals surface area contributed by atoms with E-state index < -0.39 is 5.97 Å². The van der Waals surface area contributed by atoms with Gasteiger partial charge in [0.1, 0.15) is 23.4 Å². The van der Waals surface area contributed by atoms with Crippen LogP contribution in [0.4, 0.5) is 15.8 Å². The third-order valence-corrected chi connectivity index (χ3v) is 5.62. The molecular weight excluding hydrogens is 411 g/mol. The van der Waals surface area contributed by atoms with E-state index in [1.807, 2.05) is 6.92 Å². The van der Waals surface area contributed by atoms with Crippen molar-refractivity contribution in [1.82, 2.24) is 0 Å². The Morgan fingerprint density at radius 3 is 2.19 bits per heavy atom. The van der Waals surface area contributed by atoms with Gasteiger partial charge in [0.2, 0.25) is 0 Å². The topological polar surface area (TPSA) is 62.2 Å². The zero-order chi connectivity index (χ0) is 22.9. The van der Waals surface area contributed by atoms with Crippen molar-refractivity contribution in [2.24, 2.45) is 0 Å². The second-order valence-corrected chi connectivity index (χ2v) is 8.06. The predicted molar refractivity (Wildman–Crippen MR) is 125 cm³/mol. The van der Waals surface area contributed by atoms with Crippen LogP contribution >= 0.6 is 0 Å². The molecular formula is C25H33FN2O4. The molecule has 2 saturated heterocycles. The predicted octanol–water partition coefficient (Wildman–Crippen LogP) is 4.96. The summed E-state index contributed by atoms with van der Waals surface area (Å²) in [6, 6.07) is 13.4. The van der Waals surface area contributed by atoms with Crippen LogP contribution in [-0.4, -0.2) is 50.0 Å². The van der Waals surface area contributed by atoms with Gasteiger partial charge >= 0.3 is 0 Å². The van der Waals surface area contributed by atoms with E-state index in [9.17, 15) is 4.39 Å². The Labute approximate surface area is 189 Å². The zero-order valence-corrected chi connectivity index (χ0v) is 18.9. The first-order valence-corrected chi connectivity index (χ1v) is 11.3. The fourth-order valence-electron chi connectivity index (χ4n) is 4.11. The average molecular weight is 445 g/mol. The minimum Gasteiger partial charge on any atom is -0.494 e. The fourth-order valence-corrected chi connectivity index (χ4v) is 4.11. The van der Waals surface area contributed by atoms with Crippen molar-refractivity contribution in [3.05, 3.63) is 48.3 Å². The van der Waals surface area contributed by atoms with Crippen molar-refractivity contribution in [3.63, 3.8) is 0 Å². The van der Waals surface area contributed by atoms with E-state index in [1.54, 1.807) is 12.1 Å². The summed E-state index contributed by atoms with van der Waals surface area (Å²) in [6.07, 6.45) is 4.50. The maximum absolute atomic E-state index is 14.3. The molecule has 0 amide bonds. The molecule has 0 spiro atoms. The fraction of sp³-hybridized carbons (Fsp3) is 0.480. The molecule has 0 saturated carbocycles. The van der Waals surface area contributed by atoms with Crippen molar-refractivity contribution in [3.8, 4) is 11.5 Å². The monoisotopic (exact) mass is 444 g/mol. The summed E-state index contributed by atoms with van der Waals surface area (Å²) >= 11 is 0. The maximum atomic E-state index is 14.3. The SMILES string of the molecule is CC(=O)O.CCOc1ccc(F)c(N2CCC(Oc3ccc(N4CCCC4)cc3)CC2)c1. The first-order chi connectivity index (χ1) is 15.5. The summed E-state index contributed by atoms with van der Waals surface area (Å²) in [6.45, 7) is 7.46. The smallest absolute Gasteiger partial charge is 0.300 e. The van der Waals surface area contributed by atoms with E-state index in [-0.39, 0.29) is 11.9 Å². The third kappa shape index (κ3) is 6.77. The highest BCUT2D eigenvalue weighted by Gasteiger charge is 2.23. The summed E-state index contributed by atoms with van der Waals surface area (Å²) in [5, 5.41) is 7.42. The molecule has 0 aromatic heterocycles. The highest BCUT2D eigenvalue weighted by Crippen LogP contribution is 2.29. The molecule has 0 radical (unpaired) electrons. The van der Waals surface area contributed by atoms with Gasteiger partial charge in [-0.25, -0.2) is 4.39 Å². The largest absolute Gasteiger partial charge is 0.494 e. The molecule has 0 atom stereocenters. The van der Waals surface area contributed by atoms with E-state index in [0.717, 1.165) is 57.4 Å². The Morgan fingerprint density at radius 1 is 1.00 bits per heavy atom. The Balaban J connectivity index is 0.000000668. The molecule has 2 heterocycles. The highest BCUT2D eigenvalue weighted by molar-refractivity contribution is 5.63. The Morgan fingerprint density at radius 2 is 1.59 bits per heavy atom. The van der Waals surface area contributed by atoms with E-state index in [1.165, 1.54) is 24.6 Å². The van der Waals surface area contributed by atoms with Crippen LogP contribution in [0.3, 0.4) is 0 Å². The van der Waals surface area contributed by atoms with E-state index in [0.29, 0.717) is 12.3 Å². The van der Waals surface area contributed by atoms with Gasteiger partial charge in [-0.3, -0.25) is 4.79 Å². The third-order valence-electron chi connectivity index (χ3n) is 5.62. The lowest BCUT2D eigenvalue weighted by molar-refractivity contribution is -0.134. The standard InChI is InChI=1S/C23H29FN2O2.C2H4O2/c1-2-27-21-9-10-22(24)23(17-21)26-15-11-20(12-16-26)28-19-7-5-18(6-8-19)25-13-3-4-14-25;1-2(3)4/h5-10,17,20H,2-4,11-16H2,1H3;1H3,(H,3,4). The molecule has 2 aliphatic heterocycles. The molecule has 0 bridgehead atoms. The van der Waals surface area contributed by atoms with Crippen LogP contribution in [0.1, 0.15) is 39.5 Å². The van der Waals surface area contributed by atoms with Crippen molar-refractivity contribution < 1.29 is 23.8 Å². The van der Waals surface area contributed by atoms with Crippen LogP contribution in [0.25, 0.3) is 0 Å². The number of nitrogens with zero attached hydrogens (tertiary/aromatic N) is 2. The summed E-state index contributed by atoms with van der Waals surface area (Å²) < 4.78 is 26.0. The average Bonchev–Trinajstić information content (AvgIpc) is 3.31. The second-order valence-electron chi connectivity index (χ2n) is 8.06. The van der Waals surface area contributed by atoms with E-state index >= 15 is 0 Å². The number of carboxylic acids is 1. The van der Waals surface area contributed by atoms with Gasteiger partial charge < -0.3 is 24.4 Å². The molecule has 174 valence electrons. The van der Waals surface area contributed by atoms with Crippen LogP contribution in [0, 0.1) is 5.82 Å². The number of carbonyl (C=O) groups is 1. The number of aliphatic carboxylic acids is 1. The van der Waals surface area contributed by atoms with Gasteiger partial charge in [0.05, 0.1) is 12.3 Å². The summed E-state index contributed by atoms with van der Waals surface area (Å²) in [5.41, 5.74) is 1.91. The van der Waals surface area contributed by atoms with Crippen molar-refractivity contribution in [1.29, 1.82) is 0 Å². The molecule has 4 rings (SSSR count). The zero-order valence-electron chi connectivity index (χ0n) is 18.9.